The van der Waals surface area contributed by atoms with E-state index in [2.05, 4.69) is 11.1 Å². The van der Waals surface area contributed by atoms with Gasteiger partial charge in [0.15, 0.2) is 0 Å². The van der Waals surface area contributed by atoms with E-state index in [0.29, 0.717) is 24.5 Å². The molecule has 1 unspecified atom stereocenters. The van der Waals surface area contributed by atoms with Gasteiger partial charge < -0.3 is 14.5 Å². The highest BCUT2D eigenvalue weighted by molar-refractivity contribution is 5.93. The molecule has 1 atom stereocenters. The number of hydrogen-bond donors (Lipinski definition) is 1. The molecule has 4 nitrogen and oxygen atoms in total. The van der Waals surface area contributed by atoms with Crippen LogP contribution < -0.4 is 0 Å². The molecule has 104 valence electrons. The Labute approximate surface area is 117 Å². The molecule has 2 heterocycles. The second kappa shape index (κ2) is 5.04. The standard InChI is InChI=1S/C16H17NO3/c1-3-19-16(18)15-10(2)20-9-13(15)12-8-17-14-7-5-4-6-11(12)14/h4-8,13,17H,3,9H2,1-2H3. The summed E-state index contributed by atoms with van der Waals surface area (Å²) in [4.78, 5) is 15.4. The van der Waals surface area contributed by atoms with Crippen LogP contribution in [0.5, 0.6) is 0 Å². The number of hydrogen-bond acceptors (Lipinski definition) is 3. The van der Waals surface area contributed by atoms with Gasteiger partial charge in [-0.1, -0.05) is 18.2 Å². The SMILES string of the molecule is CCOC(=O)C1=C(C)OCC1c1c[nH]c2ccccc12. The van der Waals surface area contributed by atoms with E-state index in [9.17, 15) is 4.79 Å². The lowest BCUT2D eigenvalue weighted by molar-refractivity contribution is -0.138. The van der Waals surface area contributed by atoms with Gasteiger partial charge in [-0.25, -0.2) is 4.79 Å². The number of para-hydroxylation sites is 1. The lowest BCUT2D eigenvalue weighted by atomic mass is 9.92. The summed E-state index contributed by atoms with van der Waals surface area (Å²) in [7, 11) is 0. The summed E-state index contributed by atoms with van der Waals surface area (Å²) in [6.45, 7) is 4.49. The van der Waals surface area contributed by atoms with Crippen LogP contribution in [0, 0.1) is 0 Å². The molecule has 2 aromatic rings. The van der Waals surface area contributed by atoms with Gasteiger partial charge in [0.2, 0.25) is 0 Å². The molecule has 0 aliphatic carbocycles. The van der Waals surface area contributed by atoms with Crippen molar-refractivity contribution in [1.29, 1.82) is 0 Å². The number of benzene rings is 1. The van der Waals surface area contributed by atoms with Gasteiger partial charge in [0.1, 0.15) is 5.76 Å². The highest BCUT2D eigenvalue weighted by Crippen LogP contribution is 2.37. The first-order valence-corrected chi connectivity index (χ1v) is 6.79. The van der Waals surface area contributed by atoms with Crippen LogP contribution in [0.4, 0.5) is 0 Å². The van der Waals surface area contributed by atoms with Crippen LogP contribution in [0.15, 0.2) is 41.8 Å². The summed E-state index contributed by atoms with van der Waals surface area (Å²) in [5.74, 6) is 0.321. The molecule has 1 aromatic carbocycles. The van der Waals surface area contributed by atoms with Crippen LogP contribution in [-0.2, 0) is 14.3 Å². The molecule has 0 saturated carbocycles. The fourth-order valence-corrected chi connectivity index (χ4v) is 2.74. The van der Waals surface area contributed by atoms with Crippen LogP contribution in [0.3, 0.4) is 0 Å². The Hall–Kier alpha value is -2.23. The van der Waals surface area contributed by atoms with E-state index >= 15 is 0 Å². The molecular formula is C16H17NO3. The third kappa shape index (κ3) is 1.97. The van der Waals surface area contributed by atoms with Crippen molar-refractivity contribution in [1.82, 2.24) is 4.98 Å². The second-order valence-corrected chi connectivity index (χ2v) is 4.84. The number of esters is 1. The van der Waals surface area contributed by atoms with Gasteiger partial charge in [0, 0.05) is 17.1 Å². The fraction of sp³-hybridized carbons (Fsp3) is 0.312. The lowest BCUT2D eigenvalue weighted by Gasteiger charge is -2.11. The number of allylic oxidation sites excluding steroid dienone is 1. The molecule has 1 aromatic heterocycles. The van der Waals surface area contributed by atoms with Crippen molar-refractivity contribution < 1.29 is 14.3 Å². The van der Waals surface area contributed by atoms with E-state index in [0.717, 1.165) is 16.5 Å². The topological polar surface area (TPSA) is 51.3 Å². The quantitative estimate of drug-likeness (QED) is 0.873. The minimum atomic E-state index is -0.280. The van der Waals surface area contributed by atoms with Gasteiger partial charge in [0.25, 0.3) is 0 Å². The zero-order valence-electron chi connectivity index (χ0n) is 11.6. The molecule has 20 heavy (non-hydrogen) atoms. The molecule has 0 radical (unpaired) electrons. The molecule has 0 bridgehead atoms. The van der Waals surface area contributed by atoms with Crippen molar-refractivity contribution in [2.24, 2.45) is 0 Å². The van der Waals surface area contributed by atoms with Gasteiger partial charge in [-0.05, 0) is 25.5 Å². The number of H-pyrrole nitrogens is 1. The normalized spacial score (nSPS) is 18.4. The molecule has 1 aliphatic rings. The van der Waals surface area contributed by atoms with Gasteiger partial charge >= 0.3 is 5.97 Å². The number of carbonyl (C=O) groups excluding carboxylic acids is 1. The van der Waals surface area contributed by atoms with Gasteiger partial charge in [0.05, 0.1) is 24.7 Å². The Morgan fingerprint density at radius 1 is 1.45 bits per heavy atom. The monoisotopic (exact) mass is 271 g/mol. The fourth-order valence-electron chi connectivity index (χ4n) is 2.74. The Morgan fingerprint density at radius 2 is 2.25 bits per heavy atom. The summed E-state index contributed by atoms with van der Waals surface area (Å²) in [6.07, 6.45) is 1.95. The number of nitrogens with one attached hydrogen (secondary N) is 1. The highest BCUT2D eigenvalue weighted by Gasteiger charge is 2.34. The molecule has 1 aliphatic heterocycles. The van der Waals surface area contributed by atoms with Crippen molar-refractivity contribution in [3.8, 4) is 0 Å². The van der Waals surface area contributed by atoms with Crippen molar-refractivity contribution in [2.45, 2.75) is 19.8 Å². The summed E-state index contributed by atoms with van der Waals surface area (Å²) >= 11 is 0. The largest absolute Gasteiger partial charge is 0.497 e. The number of aromatic amines is 1. The average Bonchev–Trinajstić information content (AvgIpc) is 3.02. The smallest absolute Gasteiger partial charge is 0.338 e. The lowest BCUT2D eigenvalue weighted by Crippen LogP contribution is -2.14. The van der Waals surface area contributed by atoms with Gasteiger partial charge in [-0.2, -0.15) is 0 Å². The maximum Gasteiger partial charge on any atom is 0.338 e. The second-order valence-electron chi connectivity index (χ2n) is 4.84. The van der Waals surface area contributed by atoms with E-state index < -0.39 is 0 Å². The minimum absolute atomic E-state index is 0.0646. The first kappa shape index (κ1) is 12.8. The third-order valence-electron chi connectivity index (χ3n) is 3.69. The van der Waals surface area contributed by atoms with E-state index in [1.165, 1.54) is 0 Å². The average molecular weight is 271 g/mol. The Bertz CT molecular complexity index is 684. The number of carbonyl (C=O) groups is 1. The van der Waals surface area contributed by atoms with Crippen LogP contribution in [0.2, 0.25) is 0 Å². The number of aromatic nitrogens is 1. The van der Waals surface area contributed by atoms with E-state index in [1.54, 1.807) is 0 Å². The highest BCUT2D eigenvalue weighted by atomic mass is 16.5. The van der Waals surface area contributed by atoms with Crippen molar-refractivity contribution in [3.05, 3.63) is 47.4 Å². The van der Waals surface area contributed by atoms with Crippen molar-refractivity contribution >= 4 is 16.9 Å². The number of rotatable bonds is 3. The van der Waals surface area contributed by atoms with Crippen LogP contribution in [-0.4, -0.2) is 24.2 Å². The van der Waals surface area contributed by atoms with Gasteiger partial charge in [-0.15, -0.1) is 0 Å². The maximum absolute atomic E-state index is 12.1. The molecule has 0 spiro atoms. The molecule has 4 heteroatoms. The van der Waals surface area contributed by atoms with Crippen LogP contribution >= 0.6 is 0 Å². The molecule has 1 N–H and O–H groups in total. The Balaban J connectivity index is 2.03. The van der Waals surface area contributed by atoms with Crippen LogP contribution in [0.25, 0.3) is 10.9 Å². The maximum atomic E-state index is 12.1. The molecule has 0 saturated heterocycles. The molecule has 0 fully saturated rings. The molecular weight excluding hydrogens is 254 g/mol. The Morgan fingerprint density at radius 3 is 3.05 bits per heavy atom. The summed E-state index contributed by atoms with van der Waals surface area (Å²) in [6, 6.07) is 8.06. The summed E-state index contributed by atoms with van der Waals surface area (Å²) in [5, 5.41) is 1.12. The first-order valence-electron chi connectivity index (χ1n) is 6.79. The molecule has 0 amide bonds. The van der Waals surface area contributed by atoms with E-state index in [1.807, 2.05) is 38.2 Å². The van der Waals surface area contributed by atoms with E-state index in [4.69, 9.17) is 9.47 Å². The van der Waals surface area contributed by atoms with Crippen molar-refractivity contribution in [2.75, 3.05) is 13.2 Å². The number of ether oxygens (including phenoxy) is 2. The van der Waals surface area contributed by atoms with E-state index in [-0.39, 0.29) is 11.9 Å². The molecule has 3 rings (SSSR count). The van der Waals surface area contributed by atoms with Crippen molar-refractivity contribution in [3.63, 3.8) is 0 Å². The van der Waals surface area contributed by atoms with Gasteiger partial charge in [-0.3, -0.25) is 0 Å². The first-order chi connectivity index (χ1) is 9.72. The minimum Gasteiger partial charge on any atom is -0.497 e. The Kier molecular flexibility index (Phi) is 3.22. The third-order valence-corrected chi connectivity index (χ3v) is 3.69. The summed E-state index contributed by atoms with van der Waals surface area (Å²) in [5.41, 5.74) is 2.78. The zero-order chi connectivity index (χ0) is 14.1. The summed E-state index contributed by atoms with van der Waals surface area (Å²) < 4.78 is 10.7. The predicted molar refractivity (Wildman–Crippen MR) is 76.3 cm³/mol. The van der Waals surface area contributed by atoms with Crippen LogP contribution in [0.1, 0.15) is 25.3 Å². The predicted octanol–water partition coefficient (Wildman–Crippen LogP) is 3.12. The number of fused-ring (bicyclic) bond motifs is 1. The zero-order valence-corrected chi connectivity index (χ0v) is 11.6.